The largest absolute Gasteiger partial charge is 0.265 e. The van der Waals surface area contributed by atoms with Crippen LogP contribution < -0.4 is 0 Å². The van der Waals surface area contributed by atoms with E-state index in [9.17, 15) is 0 Å². The highest BCUT2D eigenvalue weighted by molar-refractivity contribution is 5.18. The van der Waals surface area contributed by atoms with E-state index in [1.54, 1.807) is 6.20 Å². The van der Waals surface area contributed by atoms with Crippen LogP contribution in [0.2, 0.25) is 0 Å². The summed E-state index contributed by atoms with van der Waals surface area (Å²) in [4.78, 5) is 24.3. The smallest absolute Gasteiger partial charge is 0.0428 e. The molecule has 8 rings (SSSR count). The van der Waals surface area contributed by atoms with Crippen molar-refractivity contribution < 1.29 is 0 Å². The molecule has 0 aliphatic rings. The molecular formula is C70H98N6. The molecule has 0 aliphatic carbocycles. The summed E-state index contributed by atoms with van der Waals surface area (Å²) in [5.41, 5.74) is 10.6. The minimum absolute atomic E-state index is 0.547. The molecule has 0 atom stereocenters. The Morgan fingerprint density at radius 1 is 0.263 bits per heavy atom. The average molecular weight is 1020 g/mol. The molecule has 0 fully saturated rings. The molecule has 0 unspecified atom stereocenters. The SMILES string of the molecule is CC(C)Cc1ccccc1.CC(C)Cc1ccccn1.CC(C)Cc1cccnc1.CC(C)Cc1ccncc1.CC(C)c1ccccc1.CC(C)c1ccccn1.CC(C)c1cccnc1.CC(C)c1ccncc1. The molecule has 0 radical (unpaired) electrons. The van der Waals surface area contributed by atoms with Crippen molar-refractivity contribution in [2.24, 2.45) is 23.7 Å². The van der Waals surface area contributed by atoms with Crippen LogP contribution in [0.4, 0.5) is 0 Å². The number of rotatable bonds is 12. The first-order valence-electron chi connectivity index (χ1n) is 27.8. The van der Waals surface area contributed by atoms with Gasteiger partial charge in [0.15, 0.2) is 0 Å². The normalized spacial score (nSPS) is 10.2. The number of hydrogen-bond acceptors (Lipinski definition) is 6. The summed E-state index contributed by atoms with van der Waals surface area (Å²) in [5, 5.41) is 0. The molecule has 408 valence electrons. The lowest BCUT2D eigenvalue weighted by Gasteiger charge is -2.02. The molecule has 0 amide bonds. The summed E-state index contributed by atoms with van der Waals surface area (Å²) in [5.74, 6) is 5.35. The predicted octanol–water partition coefficient (Wildman–Crippen LogP) is 19.2. The lowest BCUT2D eigenvalue weighted by molar-refractivity contribution is 0.635. The standard InChI is InChI=1S/C10H14.3C9H13N.C9H12.3C8H11N/c1-9(2)8-10-6-4-3-5-7-10;1-8(2)7-9-3-5-10-6-4-9;1-8(2)6-9-4-3-5-10-7-9;1-8(2)7-9-5-3-4-6-10-9;1-8(2)9-6-4-3-5-7-9;1-7(2)8-3-5-9-6-4-8;1-7(2)8-4-3-5-9-6-8;1-7(2)8-5-3-4-6-9-8/h3-7,9H,8H2,1-2H3;3-6,8H,7H2,1-2H3;3-5,7-8H,6H2,1-2H3;3-6,8H,7H2,1-2H3;3-8H,1-2H3;3*3-7H,1-2H3. The second-order valence-electron chi connectivity index (χ2n) is 21.8. The highest BCUT2D eigenvalue weighted by Gasteiger charge is 2.00. The van der Waals surface area contributed by atoms with Gasteiger partial charge < -0.3 is 0 Å². The van der Waals surface area contributed by atoms with E-state index < -0.39 is 0 Å². The summed E-state index contributed by atoms with van der Waals surface area (Å²) in [7, 11) is 0. The van der Waals surface area contributed by atoms with Crippen LogP contribution in [0.1, 0.15) is 179 Å². The first kappa shape index (κ1) is 67.4. The van der Waals surface area contributed by atoms with Gasteiger partial charge in [-0.2, -0.15) is 0 Å². The van der Waals surface area contributed by atoms with Gasteiger partial charge in [0.05, 0.1) is 0 Å². The molecule has 6 nitrogen and oxygen atoms in total. The van der Waals surface area contributed by atoms with E-state index in [1.807, 2.05) is 116 Å². The molecule has 0 aliphatic heterocycles. The minimum atomic E-state index is 0.547. The van der Waals surface area contributed by atoms with Gasteiger partial charge in [0.1, 0.15) is 0 Å². The van der Waals surface area contributed by atoms with E-state index in [4.69, 9.17) is 0 Å². The van der Waals surface area contributed by atoms with Crippen molar-refractivity contribution >= 4 is 0 Å². The van der Waals surface area contributed by atoms with E-state index in [1.165, 1.54) is 45.5 Å². The maximum Gasteiger partial charge on any atom is 0.0428 e. The van der Waals surface area contributed by atoms with Crippen LogP contribution in [0.15, 0.2) is 208 Å². The Bertz CT molecular complexity index is 2090. The van der Waals surface area contributed by atoms with Crippen molar-refractivity contribution in [1.29, 1.82) is 0 Å². The van der Waals surface area contributed by atoms with Gasteiger partial charge >= 0.3 is 0 Å². The van der Waals surface area contributed by atoms with Crippen LogP contribution in [0.3, 0.4) is 0 Å². The number of benzene rings is 2. The molecule has 6 heterocycles. The summed E-state index contributed by atoms with van der Waals surface area (Å²) in [6, 6.07) is 49.6. The zero-order chi connectivity index (χ0) is 56.4. The first-order valence-corrected chi connectivity index (χ1v) is 27.8. The van der Waals surface area contributed by atoms with E-state index >= 15 is 0 Å². The van der Waals surface area contributed by atoms with Crippen LogP contribution >= 0.6 is 0 Å². The molecule has 76 heavy (non-hydrogen) atoms. The zero-order valence-electron chi connectivity index (χ0n) is 49.8. The molecule has 0 N–H and O–H groups in total. The van der Waals surface area contributed by atoms with E-state index in [-0.39, 0.29) is 0 Å². The molecule has 6 aromatic heterocycles. The topological polar surface area (TPSA) is 77.3 Å². The van der Waals surface area contributed by atoms with Gasteiger partial charge in [0.2, 0.25) is 0 Å². The van der Waals surface area contributed by atoms with Gasteiger partial charge in [-0.1, -0.05) is 196 Å². The fourth-order valence-electron chi connectivity index (χ4n) is 7.02. The van der Waals surface area contributed by atoms with Gasteiger partial charge in [-0.05, 0) is 167 Å². The number of hydrogen-bond donors (Lipinski definition) is 0. The van der Waals surface area contributed by atoms with Crippen molar-refractivity contribution in [2.75, 3.05) is 0 Å². The Hall–Kier alpha value is -6.66. The molecule has 0 saturated heterocycles. The van der Waals surface area contributed by atoms with Crippen molar-refractivity contribution in [2.45, 2.75) is 160 Å². The van der Waals surface area contributed by atoms with Crippen molar-refractivity contribution in [1.82, 2.24) is 29.9 Å². The fourth-order valence-corrected chi connectivity index (χ4v) is 7.02. The van der Waals surface area contributed by atoms with Gasteiger partial charge in [-0.3, -0.25) is 29.9 Å². The third kappa shape index (κ3) is 37.1. The monoisotopic (exact) mass is 1020 g/mol. The van der Waals surface area contributed by atoms with Crippen molar-refractivity contribution in [3.8, 4) is 0 Å². The number of aromatic nitrogens is 6. The maximum atomic E-state index is 4.22. The Kier molecular flexibility index (Phi) is 37.7. The summed E-state index contributed by atoms with van der Waals surface area (Å²) >= 11 is 0. The van der Waals surface area contributed by atoms with Crippen molar-refractivity contribution in [3.05, 3.63) is 252 Å². The van der Waals surface area contributed by atoms with Gasteiger partial charge in [-0.25, -0.2) is 0 Å². The molecule has 0 spiro atoms. The Balaban J connectivity index is 0.000000434. The molecule has 0 saturated carbocycles. The zero-order valence-corrected chi connectivity index (χ0v) is 49.8. The maximum absolute atomic E-state index is 4.22. The van der Waals surface area contributed by atoms with Crippen LogP contribution in [-0.4, -0.2) is 29.9 Å². The quantitative estimate of drug-likeness (QED) is 0.121. The van der Waals surface area contributed by atoms with E-state index in [0.717, 1.165) is 42.7 Å². The summed E-state index contributed by atoms with van der Waals surface area (Å²) < 4.78 is 0. The van der Waals surface area contributed by atoms with E-state index in [0.29, 0.717) is 29.6 Å². The number of pyridine rings is 6. The van der Waals surface area contributed by atoms with Crippen LogP contribution in [0.5, 0.6) is 0 Å². The van der Waals surface area contributed by atoms with Gasteiger partial charge in [-0.15, -0.1) is 0 Å². The lowest BCUT2D eigenvalue weighted by atomic mass is 10.0. The van der Waals surface area contributed by atoms with Gasteiger partial charge in [0, 0.05) is 73.4 Å². The van der Waals surface area contributed by atoms with Gasteiger partial charge in [0.25, 0.3) is 0 Å². The second-order valence-corrected chi connectivity index (χ2v) is 21.8. The van der Waals surface area contributed by atoms with Crippen LogP contribution in [0, 0.1) is 23.7 Å². The Morgan fingerprint density at radius 3 is 1.01 bits per heavy atom. The minimum Gasteiger partial charge on any atom is -0.265 e. The fraction of sp³-hybridized carbons (Fsp3) is 0.400. The third-order valence-electron chi connectivity index (χ3n) is 11.1. The molecular weight excluding hydrogens is 925 g/mol. The summed E-state index contributed by atoms with van der Waals surface area (Å²) in [6.45, 7) is 35.1. The van der Waals surface area contributed by atoms with Crippen molar-refractivity contribution in [3.63, 3.8) is 0 Å². The molecule has 0 bridgehead atoms. The lowest BCUT2D eigenvalue weighted by Crippen LogP contribution is -1.95. The highest BCUT2D eigenvalue weighted by Crippen LogP contribution is 2.14. The van der Waals surface area contributed by atoms with Crippen LogP contribution in [-0.2, 0) is 25.7 Å². The number of nitrogens with zero attached hydrogens (tertiary/aromatic N) is 6. The Morgan fingerprint density at radius 2 is 0.658 bits per heavy atom. The molecule has 2 aromatic carbocycles. The first-order chi connectivity index (χ1) is 36.4. The molecule has 8 aromatic rings. The Labute approximate surface area is 463 Å². The second kappa shape index (κ2) is 42.6. The predicted molar refractivity (Wildman–Crippen MR) is 329 cm³/mol. The van der Waals surface area contributed by atoms with Crippen LogP contribution in [0.25, 0.3) is 0 Å². The van der Waals surface area contributed by atoms with E-state index in [2.05, 4.69) is 226 Å². The third-order valence-corrected chi connectivity index (χ3v) is 11.1. The highest BCUT2D eigenvalue weighted by atomic mass is 14.7. The molecule has 6 heteroatoms. The average Bonchev–Trinajstić information content (AvgIpc) is 3.41. The summed E-state index contributed by atoms with van der Waals surface area (Å²) in [6.07, 6.45) is 23.0.